The first kappa shape index (κ1) is 22.2. The minimum Gasteiger partial charge on any atom is -0.353 e. The van der Waals surface area contributed by atoms with Crippen molar-refractivity contribution in [2.75, 3.05) is 6.54 Å². The lowest BCUT2D eigenvalue weighted by molar-refractivity contribution is -0.126. The van der Waals surface area contributed by atoms with Gasteiger partial charge in [-0.15, -0.1) is 12.4 Å². The summed E-state index contributed by atoms with van der Waals surface area (Å²) in [5.74, 6) is 0.0976. The molecule has 0 heterocycles. The fraction of sp³-hybridized carbons (Fsp3) is 0.455. The van der Waals surface area contributed by atoms with Crippen molar-refractivity contribution in [2.45, 2.75) is 51.1 Å². The highest BCUT2D eigenvalue weighted by molar-refractivity contribution is 5.85. The summed E-state index contributed by atoms with van der Waals surface area (Å²) in [5.41, 5.74) is 6.90. The lowest BCUT2D eigenvalue weighted by Crippen LogP contribution is -2.41. The van der Waals surface area contributed by atoms with E-state index in [1.807, 2.05) is 31.2 Å². The molecule has 2 aromatic rings. The molecule has 1 aliphatic carbocycles. The van der Waals surface area contributed by atoms with Gasteiger partial charge in [-0.1, -0.05) is 49.2 Å². The molecule has 3 rings (SSSR count). The molecule has 0 aliphatic heterocycles. The van der Waals surface area contributed by atoms with Gasteiger partial charge in [-0.25, -0.2) is 0 Å². The van der Waals surface area contributed by atoms with Crippen LogP contribution in [0.5, 0.6) is 0 Å². The summed E-state index contributed by atoms with van der Waals surface area (Å²) in [4.78, 5) is 24.6. The van der Waals surface area contributed by atoms with Crippen LogP contribution in [-0.2, 0) is 9.59 Å². The third-order valence-electron chi connectivity index (χ3n) is 5.35. The summed E-state index contributed by atoms with van der Waals surface area (Å²) in [6.07, 6.45) is 4.42. The van der Waals surface area contributed by atoms with E-state index in [-0.39, 0.29) is 48.6 Å². The Hall–Kier alpha value is -2.11. The summed E-state index contributed by atoms with van der Waals surface area (Å²) >= 11 is 0. The Kier molecular flexibility index (Phi) is 8.27. The third kappa shape index (κ3) is 5.69. The number of nitrogens with one attached hydrogen (secondary N) is 2. The van der Waals surface area contributed by atoms with E-state index in [1.165, 1.54) is 0 Å². The number of hydrogen-bond acceptors (Lipinski definition) is 3. The van der Waals surface area contributed by atoms with Crippen molar-refractivity contribution in [2.24, 2.45) is 11.7 Å². The zero-order valence-corrected chi connectivity index (χ0v) is 17.1. The highest BCUT2D eigenvalue weighted by atomic mass is 35.5. The predicted molar refractivity (Wildman–Crippen MR) is 115 cm³/mol. The lowest BCUT2D eigenvalue weighted by atomic mass is 10.0. The average Bonchev–Trinajstić information content (AvgIpc) is 3.20. The van der Waals surface area contributed by atoms with Gasteiger partial charge in [-0.2, -0.15) is 0 Å². The van der Waals surface area contributed by atoms with E-state index in [1.54, 1.807) is 0 Å². The molecule has 2 atom stereocenters. The summed E-state index contributed by atoms with van der Waals surface area (Å²) in [6, 6.07) is 13.8. The Bertz CT molecular complexity index is 805. The van der Waals surface area contributed by atoms with Crippen LogP contribution in [0.15, 0.2) is 42.5 Å². The van der Waals surface area contributed by atoms with Crippen LogP contribution < -0.4 is 16.4 Å². The van der Waals surface area contributed by atoms with Crippen molar-refractivity contribution in [1.82, 2.24) is 10.6 Å². The van der Waals surface area contributed by atoms with E-state index in [2.05, 4.69) is 28.8 Å². The molecule has 2 amide bonds. The highest BCUT2D eigenvalue weighted by Gasteiger charge is 2.24. The van der Waals surface area contributed by atoms with E-state index < -0.39 is 0 Å². The first-order chi connectivity index (χ1) is 13.1. The second kappa shape index (κ2) is 10.4. The van der Waals surface area contributed by atoms with Gasteiger partial charge in [0, 0.05) is 24.9 Å². The van der Waals surface area contributed by atoms with Gasteiger partial charge in [0.05, 0.1) is 6.04 Å². The Morgan fingerprint density at radius 2 is 1.75 bits per heavy atom. The Balaban J connectivity index is 0.00000280. The van der Waals surface area contributed by atoms with E-state index in [4.69, 9.17) is 5.73 Å². The molecule has 28 heavy (non-hydrogen) atoms. The number of benzene rings is 2. The Morgan fingerprint density at radius 3 is 2.43 bits per heavy atom. The first-order valence-electron chi connectivity index (χ1n) is 9.85. The molecule has 0 aromatic heterocycles. The topological polar surface area (TPSA) is 84.2 Å². The quantitative estimate of drug-likeness (QED) is 0.661. The first-order valence-corrected chi connectivity index (χ1v) is 9.85. The minimum atomic E-state index is -0.236. The molecule has 5 nitrogen and oxygen atoms in total. The van der Waals surface area contributed by atoms with Gasteiger partial charge in [-0.3, -0.25) is 9.59 Å². The zero-order chi connectivity index (χ0) is 19.2. The minimum absolute atomic E-state index is 0. The fourth-order valence-corrected chi connectivity index (χ4v) is 3.83. The maximum atomic E-state index is 12.4. The summed E-state index contributed by atoms with van der Waals surface area (Å²) in [7, 11) is 0. The van der Waals surface area contributed by atoms with Crippen molar-refractivity contribution in [3.8, 4) is 0 Å². The van der Waals surface area contributed by atoms with Crippen LogP contribution in [0, 0.1) is 5.92 Å². The summed E-state index contributed by atoms with van der Waals surface area (Å²) in [5, 5.41) is 8.27. The van der Waals surface area contributed by atoms with E-state index in [0.29, 0.717) is 6.54 Å². The summed E-state index contributed by atoms with van der Waals surface area (Å²) < 4.78 is 0. The molecule has 1 saturated carbocycles. The number of amides is 2. The smallest absolute Gasteiger partial charge is 0.223 e. The fourth-order valence-electron chi connectivity index (χ4n) is 3.83. The van der Waals surface area contributed by atoms with Gasteiger partial charge < -0.3 is 16.4 Å². The van der Waals surface area contributed by atoms with Crippen LogP contribution in [0.2, 0.25) is 0 Å². The normalized spacial score (nSPS) is 16.2. The van der Waals surface area contributed by atoms with Gasteiger partial charge in [-0.05, 0) is 42.2 Å². The second-order valence-corrected chi connectivity index (χ2v) is 7.56. The molecule has 0 radical (unpaired) electrons. The molecule has 4 N–H and O–H groups in total. The highest BCUT2D eigenvalue weighted by Crippen LogP contribution is 2.25. The van der Waals surface area contributed by atoms with E-state index >= 15 is 0 Å². The standard InChI is InChI=1S/C22H29N3O2.ClH/c1-15(24-22(27)17-7-3-4-8-17)12-21(26)25-20(14-23)19-11-10-16-6-2-5-9-18(16)13-19;/h2,5-6,9-11,13,15,17,20H,3-4,7-8,12,14,23H2,1H3,(H,24,27)(H,25,26);1H. The second-order valence-electron chi connectivity index (χ2n) is 7.56. The van der Waals surface area contributed by atoms with Crippen LogP contribution >= 0.6 is 12.4 Å². The molecule has 0 spiro atoms. The van der Waals surface area contributed by atoms with Crippen LogP contribution in [0.25, 0.3) is 10.8 Å². The van der Waals surface area contributed by atoms with Gasteiger partial charge in [0.15, 0.2) is 0 Å². The molecule has 1 aliphatic rings. The van der Waals surface area contributed by atoms with Crippen molar-refractivity contribution < 1.29 is 9.59 Å². The van der Waals surface area contributed by atoms with E-state index in [0.717, 1.165) is 42.0 Å². The summed E-state index contributed by atoms with van der Waals surface area (Å²) in [6.45, 7) is 2.20. The number of carbonyl (C=O) groups excluding carboxylic acids is 2. The number of nitrogens with two attached hydrogens (primary N) is 1. The predicted octanol–water partition coefficient (Wildman–Crippen LogP) is 3.46. The number of carbonyl (C=O) groups is 2. The maximum absolute atomic E-state index is 12.4. The molecular formula is C22H30ClN3O2. The Morgan fingerprint density at radius 1 is 1.07 bits per heavy atom. The molecule has 2 aromatic carbocycles. The molecule has 152 valence electrons. The zero-order valence-electron chi connectivity index (χ0n) is 16.3. The molecule has 2 unspecified atom stereocenters. The van der Waals surface area contributed by atoms with Crippen molar-refractivity contribution in [3.63, 3.8) is 0 Å². The number of halogens is 1. The van der Waals surface area contributed by atoms with Crippen LogP contribution in [0.3, 0.4) is 0 Å². The Labute approximate surface area is 172 Å². The van der Waals surface area contributed by atoms with Crippen molar-refractivity contribution in [1.29, 1.82) is 0 Å². The molecule has 1 fully saturated rings. The molecular weight excluding hydrogens is 374 g/mol. The lowest BCUT2D eigenvalue weighted by Gasteiger charge is -2.21. The molecule has 0 bridgehead atoms. The largest absolute Gasteiger partial charge is 0.353 e. The van der Waals surface area contributed by atoms with Crippen molar-refractivity contribution >= 4 is 35.0 Å². The van der Waals surface area contributed by atoms with Crippen LogP contribution in [0.1, 0.15) is 50.6 Å². The molecule has 6 heteroatoms. The van der Waals surface area contributed by atoms with Crippen LogP contribution in [0.4, 0.5) is 0 Å². The molecule has 0 saturated heterocycles. The third-order valence-corrected chi connectivity index (χ3v) is 5.35. The van der Waals surface area contributed by atoms with Gasteiger partial charge in [0.1, 0.15) is 0 Å². The van der Waals surface area contributed by atoms with Gasteiger partial charge >= 0.3 is 0 Å². The van der Waals surface area contributed by atoms with Crippen molar-refractivity contribution in [3.05, 3.63) is 48.0 Å². The monoisotopic (exact) mass is 403 g/mol. The van der Waals surface area contributed by atoms with E-state index in [9.17, 15) is 9.59 Å². The SMILES string of the molecule is CC(CC(=O)NC(CN)c1ccc2ccccc2c1)NC(=O)C1CCCC1.Cl. The number of rotatable bonds is 7. The average molecular weight is 404 g/mol. The maximum Gasteiger partial charge on any atom is 0.223 e. The number of fused-ring (bicyclic) bond motifs is 1. The van der Waals surface area contributed by atoms with Gasteiger partial charge in [0.2, 0.25) is 11.8 Å². The van der Waals surface area contributed by atoms with Gasteiger partial charge in [0.25, 0.3) is 0 Å². The number of hydrogen-bond donors (Lipinski definition) is 3. The van der Waals surface area contributed by atoms with Crippen LogP contribution in [-0.4, -0.2) is 24.4 Å².